The summed E-state index contributed by atoms with van der Waals surface area (Å²) in [7, 11) is -1.64. The van der Waals surface area contributed by atoms with Crippen molar-refractivity contribution in [2.45, 2.75) is 71.6 Å². The lowest BCUT2D eigenvalue weighted by atomic mass is 10.1. The highest BCUT2D eigenvalue weighted by atomic mass is 31.2. The van der Waals surface area contributed by atoms with Crippen molar-refractivity contribution < 1.29 is 18.9 Å². The molecule has 10 nitrogen and oxygen atoms in total. The highest BCUT2D eigenvalue weighted by Crippen LogP contribution is 2.51. The zero-order valence-corrected chi connectivity index (χ0v) is 19.5. The lowest BCUT2D eigenvalue weighted by Gasteiger charge is -2.37. The SMILES string of the molecule is C=C1[C@@H](CO)O[C@@H](n2cc(C)c(=O)[nH]c2=O)[C@H]1OP(OCCC#N)N(C(C)C)C(C)C. The Labute approximate surface area is 183 Å². The predicted octanol–water partition coefficient (Wildman–Crippen LogP) is 1.95. The Bertz CT molecular complexity index is 913. The van der Waals surface area contributed by atoms with E-state index in [0.717, 1.165) is 0 Å². The van der Waals surface area contributed by atoms with Crippen LogP contribution in [-0.2, 0) is 13.8 Å². The third-order valence-corrected chi connectivity index (χ3v) is 6.91. The standard InChI is InChI=1S/C20H31N4O6P/c1-12(2)24(13(3)4)31(28-9-7-8-21)30-17-15(6)16(11-25)29-19(17)23-10-14(5)18(26)22-20(23)27/h10,12-13,16-17,19,25H,6-7,9,11H2,1-5H3,(H,22,26,27)/t16-,17+,19-,31?/m1/s1. The van der Waals surface area contributed by atoms with Gasteiger partial charge in [0.25, 0.3) is 14.1 Å². The molecule has 172 valence electrons. The number of nitrogens with zero attached hydrogens (tertiary/aromatic N) is 3. The number of hydrogen-bond donors (Lipinski definition) is 2. The van der Waals surface area contributed by atoms with Crippen LogP contribution < -0.4 is 11.2 Å². The van der Waals surface area contributed by atoms with Crippen molar-refractivity contribution >= 4 is 8.53 Å². The molecule has 1 aromatic rings. The third kappa shape index (κ3) is 5.89. The summed E-state index contributed by atoms with van der Waals surface area (Å²) in [5.41, 5.74) is -0.340. The van der Waals surface area contributed by atoms with Crippen molar-refractivity contribution in [2.75, 3.05) is 13.2 Å². The summed E-state index contributed by atoms with van der Waals surface area (Å²) < 4.78 is 21.5. The fourth-order valence-corrected chi connectivity index (χ4v) is 5.09. The Morgan fingerprint density at radius 1 is 1.39 bits per heavy atom. The zero-order valence-electron chi connectivity index (χ0n) is 18.6. The van der Waals surface area contributed by atoms with E-state index in [1.165, 1.54) is 10.8 Å². The normalized spacial score (nSPS) is 22.5. The number of H-pyrrole nitrogens is 1. The first-order valence-electron chi connectivity index (χ1n) is 10.1. The van der Waals surface area contributed by atoms with Gasteiger partial charge >= 0.3 is 5.69 Å². The van der Waals surface area contributed by atoms with E-state index in [0.29, 0.717) is 11.1 Å². The fraction of sp³-hybridized carbons (Fsp3) is 0.650. The summed E-state index contributed by atoms with van der Waals surface area (Å²) in [5.74, 6) is 0. The van der Waals surface area contributed by atoms with Gasteiger partial charge in [0.2, 0.25) is 0 Å². The van der Waals surface area contributed by atoms with Crippen LogP contribution in [0.5, 0.6) is 0 Å². The molecule has 31 heavy (non-hydrogen) atoms. The average molecular weight is 454 g/mol. The first-order valence-corrected chi connectivity index (χ1v) is 11.3. The van der Waals surface area contributed by atoms with Gasteiger partial charge in [-0.25, -0.2) is 9.46 Å². The van der Waals surface area contributed by atoms with E-state index < -0.39 is 38.2 Å². The van der Waals surface area contributed by atoms with Gasteiger partial charge < -0.3 is 18.9 Å². The molecule has 0 saturated carbocycles. The fourth-order valence-electron chi connectivity index (χ4n) is 3.35. The van der Waals surface area contributed by atoms with Crippen LogP contribution in [0.25, 0.3) is 0 Å². The molecule has 1 aromatic heterocycles. The second-order valence-electron chi connectivity index (χ2n) is 7.82. The van der Waals surface area contributed by atoms with Gasteiger partial charge in [-0.3, -0.25) is 14.3 Å². The maximum atomic E-state index is 12.5. The maximum Gasteiger partial charge on any atom is 0.330 e. The summed E-state index contributed by atoms with van der Waals surface area (Å²) in [6.07, 6.45) is -0.893. The van der Waals surface area contributed by atoms with E-state index in [1.54, 1.807) is 6.92 Å². The van der Waals surface area contributed by atoms with Gasteiger partial charge in [0.1, 0.15) is 12.2 Å². The number of nitrogens with one attached hydrogen (secondary N) is 1. The molecule has 0 radical (unpaired) electrons. The smallest absolute Gasteiger partial charge is 0.330 e. The van der Waals surface area contributed by atoms with E-state index in [1.807, 2.05) is 38.4 Å². The van der Waals surface area contributed by atoms with Gasteiger partial charge in [-0.1, -0.05) is 6.58 Å². The quantitative estimate of drug-likeness (QED) is 0.312. The van der Waals surface area contributed by atoms with Gasteiger partial charge in [-0.2, -0.15) is 5.26 Å². The van der Waals surface area contributed by atoms with Crippen molar-refractivity contribution in [3.05, 3.63) is 44.8 Å². The van der Waals surface area contributed by atoms with Crippen molar-refractivity contribution in [2.24, 2.45) is 0 Å². The molecule has 1 saturated heterocycles. The van der Waals surface area contributed by atoms with Crippen LogP contribution in [0.1, 0.15) is 45.9 Å². The second kappa shape index (κ2) is 11.1. The Morgan fingerprint density at radius 2 is 2.03 bits per heavy atom. The topological polar surface area (TPSA) is 130 Å². The largest absolute Gasteiger partial charge is 0.393 e. The molecule has 0 aromatic carbocycles. The van der Waals surface area contributed by atoms with Crippen LogP contribution in [0.4, 0.5) is 0 Å². The zero-order chi connectivity index (χ0) is 23.3. The Balaban J connectivity index is 2.44. The molecular weight excluding hydrogens is 423 g/mol. The Morgan fingerprint density at radius 3 is 2.58 bits per heavy atom. The molecule has 1 aliphatic heterocycles. The number of aromatic nitrogens is 2. The van der Waals surface area contributed by atoms with Crippen LogP contribution in [0.2, 0.25) is 0 Å². The molecule has 2 N–H and O–H groups in total. The molecule has 2 heterocycles. The lowest BCUT2D eigenvalue weighted by Crippen LogP contribution is -2.39. The summed E-state index contributed by atoms with van der Waals surface area (Å²) in [6.45, 7) is 13.5. The van der Waals surface area contributed by atoms with Crippen LogP contribution in [0.3, 0.4) is 0 Å². The van der Waals surface area contributed by atoms with E-state index in [4.69, 9.17) is 19.0 Å². The monoisotopic (exact) mass is 454 g/mol. The highest BCUT2D eigenvalue weighted by Gasteiger charge is 2.44. The molecule has 0 amide bonds. The number of aryl methyl sites for hydroxylation is 1. The molecule has 11 heteroatoms. The van der Waals surface area contributed by atoms with E-state index in [-0.39, 0.29) is 31.7 Å². The maximum absolute atomic E-state index is 12.5. The van der Waals surface area contributed by atoms with Crippen molar-refractivity contribution in [1.82, 2.24) is 14.2 Å². The third-order valence-electron chi connectivity index (χ3n) is 4.79. The van der Waals surface area contributed by atoms with Crippen LogP contribution in [0.15, 0.2) is 27.9 Å². The van der Waals surface area contributed by atoms with E-state index in [9.17, 15) is 14.7 Å². The molecule has 1 unspecified atom stereocenters. The van der Waals surface area contributed by atoms with Gasteiger partial charge in [0.15, 0.2) is 6.23 Å². The molecule has 4 atom stereocenters. The molecule has 2 rings (SSSR count). The number of rotatable bonds is 10. The van der Waals surface area contributed by atoms with Gasteiger partial charge in [0.05, 0.1) is 25.7 Å². The summed E-state index contributed by atoms with van der Waals surface area (Å²) in [6, 6.07) is 2.20. The number of aromatic amines is 1. The number of nitriles is 1. The Kier molecular flexibility index (Phi) is 9.13. The van der Waals surface area contributed by atoms with Crippen LogP contribution in [0, 0.1) is 18.3 Å². The summed E-state index contributed by atoms with van der Waals surface area (Å²) >= 11 is 0. The summed E-state index contributed by atoms with van der Waals surface area (Å²) in [5, 5.41) is 18.6. The van der Waals surface area contributed by atoms with Crippen LogP contribution in [-0.4, -0.2) is 56.8 Å². The molecule has 0 aliphatic carbocycles. The Hall–Kier alpha value is -1.86. The van der Waals surface area contributed by atoms with Gasteiger partial charge in [-0.15, -0.1) is 0 Å². The van der Waals surface area contributed by atoms with Gasteiger partial charge in [0, 0.05) is 23.8 Å². The minimum Gasteiger partial charge on any atom is -0.393 e. The van der Waals surface area contributed by atoms with Crippen molar-refractivity contribution in [3.8, 4) is 6.07 Å². The van der Waals surface area contributed by atoms with Crippen molar-refractivity contribution in [3.63, 3.8) is 0 Å². The minimum absolute atomic E-state index is 0.0777. The predicted molar refractivity (Wildman–Crippen MR) is 116 cm³/mol. The van der Waals surface area contributed by atoms with Gasteiger partial charge in [-0.05, 0) is 40.2 Å². The van der Waals surface area contributed by atoms with Crippen LogP contribution >= 0.6 is 8.53 Å². The number of aliphatic hydroxyl groups excluding tert-OH is 1. The van der Waals surface area contributed by atoms with Crippen molar-refractivity contribution in [1.29, 1.82) is 5.26 Å². The lowest BCUT2D eigenvalue weighted by molar-refractivity contribution is -0.0499. The number of ether oxygens (including phenoxy) is 1. The first-order chi connectivity index (χ1) is 14.6. The first kappa shape index (κ1) is 25.4. The minimum atomic E-state index is -1.64. The average Bonchev–Trinajstić information content (AvgIpc) is 2.99. The second-order valence-corrected chi connectivity index (χ2v) is 9.23. The molecular formula is C20H31N4O6P. The molecule has 1 aliphatic rings. The number of aliphatic hydroxyl groups is 1. The van der Waals surface area contributed by atoms with E-state index >= 15 is 0 Å². The number of hydrogen-bond acceptors (Lipinski definition) is 8. The molecule has 0 bridgehead atoms. The summed E-state index contributed by atoms with van der Waals surface area (Å²) in [4.78, 5) is 26.5. The molecule has 1 fully saturated rings. The van der Waals surface area contributed by atoms with E-state index in [2.05, 4.69) is 11.6 Å². The highest BCUT2D eigenvalue weighted by molar-refractivity contribution is 7.44. The molecule has 0 spiro atoms.